The number of nitrogens with one attached hydrogen (secondary N) is 1. The van der Waals surface area contributed by atoms with E-state index < -0.39 is 6.04 Å². The third-order valence-corrected chi connectivity index (χ3v) is 2.98. The second-order valence-corrected chi connectivity index (χ2v) is 4.98. The predicted octanol–water partition coefficient (Wildman–Crippen LogP) is 2.83. The van der Waals surface area contributed by atoms with Crippen LogP contribution in [0.1, 0.15) is 39.2 Å². The number of nitriles is 1. The van der Waals surface area contributed by atoms with Crippen LogP contribution in [-0.4, -0.2) is 25.2 Å². The zero-order valence-corrected chi connectivity index (χ0v) is 13.5. The quantitative estimate of drug-likeness (QED) is 0.761. The summed E-state index contributed by atoms with van der Waals surface area (Å²) in [4.78, 5) is 11.7. The van der Waals surface area contributed by atoms with Gasteiger partial charge in [0.1, 0.15) is 6.04 Å². The van der Waals surface area contributed by atoms with E-state index in [2.05, 4.69) is 12.2 Å². The van der Waals surface area contributed by atoms with Crippen molar-refractivity contribution in [1.29, 1.82) is 5.26 Å². The van der Waals surface area contributed by atoms with Gasteiger partial charge in [-0.15, -0.1) is 0 Å². The lowest BCUT2D eigenvalue weighted by Crippen LogP contribution is -2.31. The molecule has 5 heteroatoms. The molecule has 1 amide bonds. The maximum absolute atomic E-state index is 11.7. The lowest BCUT2D eigenvalue weighted by molar-refractivity contribution is -0.121. The highest BCUT2D eigenvalue weighted by Gasteiger charge is 2.09. The molecule has 1 unspecified atom stereocenters. The summed E-state index contributed by atoms with van der Waals surface area (Å²) in [7, 11) is 0. The zero-order valence-electron chi connectivity index (χ0n) is 13.5. The van der Waals surface area contributed by atoms with Gasteiger partial charge in [0.05, 0.1) is 19.3 Å². The van der Waals surface area contributed by atoms with Gasteiger partial charge >= 0.3 is 0 Å². The van der Waals surface area contributed by atoms with Gasteiger partial charge in [-0.2, -0.15) is 5.26 Å². The largest absolute Gasteiger partial charge is 0.490 e. The van der Waals surface area contributed by atoms with Crippen molar-refractivity contribution in [2.24, 2.45) is 0 Å². The maximum Gasteiger partial charge on any atom is 0.221 e. The Hall–Kier alpha value is -2.22. The summed E-state index contributed by atoms with van der Waals surface area (Å²) >= 11 is 0. The third-order valence-electron chi connectivity index (χ3n) is 2.98. The molecule has 1 rings (SSSR count). The fourth-order valence-electron chi connectivity index (χ4n) is 1.91. The van der Waals surface area contributed by atoms with E-state index >= 15 is 0 Å². The molecule has 0 spiro atoms. The summed E-state index contributed by atoms with van der Waals surface area (Å²) in [5, 5.41) is 11.3. The van der Waals surface area contributed by atoms with Gasteiger partial charge in [0, 0.05) is 6.42 Å². The van der Waals surface area contributed by atoms with Crippen LogP contribution in [0.5, 0.6) is 11.5 Å². The first-order chi connectivity index (χ1) is 10.6. The molecule has 1 N–H and O–H groups in total. The van der Waals surface area contributed by atoms with E-state index in [1.54, 1.807) is 6.92 Å². The molecule has 120 valence electrons. The van der Waals surface area contributed by atoms with E-state index in [9.17, 15) is 4.79 Å². The lowest BCUT2D eigenvalue weighted by atomic mass is 10.1. The molecule has 1 atom stereocenters. The summed E-state index contributed by atoms with van der Waals surface area (Å²) in [5.41, 5.74) is 1.01. The van der Waals surface area contributed by atoms with Crippen molar-refractivity contribution in [3.8, 4) is 17.6 Å². The van der Waals surface area contributed by atoms with Crippen LogP contribution in [0.2, 0.25) is 0 Å². The molecule has 0 aromatic heterocycles. The summed E-state index contributed by atoms with van der Waals surface area (Å²) in [6.07, 6.45) is 1.87. The maximum atomic E-state index is 11.7. The predicted molar refractivity (Wildman–Crippen MR) is 84.9 cm³/mol. The molecule has 0 heterocycles. The third kappa shape index (κ3) is 6.04. The SMILES string of the molecule is CCCOc1ccc(CCC(=O)NC(C)C#N)cc1OCC. The number of amides is 1. The number of benzene rings is 1. The van der Waals surface area contributed by atoms with Crippen LogP contribution in [0.4, 0.5) is 0 Å². The van der Waals surface area contributed by atoms with Crippen molar-refractivity contribution >= 4 is 5.91 Å². The van der Waals surface area contributed by atoms with Gasteiger partial charge in [0.2, 0.25) is 5.91 Å². The Morgan fingerprint density at radius 3 is 2.73 bits per heavy atom. The van der Waals surface area contributed by atoms with Crippen molar-refractivity contribution in [2.75, 3.05) is 13.2 Å². The van der Waals surface area contributed by atoms with Gasteiger partial charge < -0.3 is 14.8 Å². The fraction of sp³-hybridized carbons (Fsp3) is 0.529. The standard InChI is InChI=1S/C17H24N2O3/c1-4-10-22-15-8-6-14(11-16(15)21-5-2)7-9-17(20)19-13(3)12-18/h6,8,11,13H,4-5,7,9-10H2,1-3H3,(H,19,20). The van der Waals surface area contributed by atoms with Crippen LogP contribution in [0, 0.1) is 11.3 Å². The molecule has 22 heavy (non-hydrogen) atoms. The van der Waals surface area contributed by atoms with E-state index in [-0.39, 0.29) is 5.91 Å². The van der Waals surface area contributed by atoms with Crippen LogP contribution in [-0.2, 0) is 11.2 Å². The number of nitrogens with zero attached hydrogens (tertiary/aromatic N) is 1. The first-order valence-electron chi connectivity index (χ1n) is 7.68. The van der Waals surface area contributed by atoms with Gasteiger partial charge in [-0.1, -0.05) is 13.0 Å². The van der Waals surface area contributed by atoms with Gasteiger partial charge in [0.25, 0.3) is 0 Å². The normalized spacial score (nSPS) is 11.4. The minimum atomic E-state index is -0.462. The highest BCUT2D eigenvalue weighted by molar-refractivity contribution is 5.76. The summed E-state index contributed by atoms with van der Waals surface area (Å²) < 4.78 is 11.2. The molecule has 0 bridgehead atoms. The average Bonchev–Trinajstić information content (AvgIpc) is 2.52. The molecule has 0 aliphatic heterocycles. The molecule has 1 aromatic carbocycles. The Balaban J connectivity index is 2.65. The molecule has 0 aliphatic carbocycles. The zero-order chi connectivity index (χ0) is 16.4. The second-order valence-electron chi connectivity index (χ2n) is 4.98. The van der Waals surface area contributed by atoms with Crippen LogP contribution in [0.3, 0.4) is 0 Å². The van der Waals surface area contributed by atoms with E-state index in [1.165, 1.54) is 0 Å². The van der Waals surface area contributed by atoms with Crippen molar-refractivity contribution in [2.45, 2.75) is 46.1 Å². The van der Waals surface area contributed by atoms with E-state index in [0.717, 1.165) is 17.7 Å². The molecule has 5 nitrogen and oxygen atoms in total. The Labute approximate surface area is 132 Å². The van der Waals surface area contributed by atoms with E-state index in [4.69, 9.17) is 14.7 Å². The highest BCUT2D eigenvalue weighted by Crippen LogP contribution is 2.29. The molecule has 0 saturated heterocycles. The van der Waals surface area contributed by atoms with Gasteiger partial charge in [-0.25, -0.2) is 0 Å². The average molecular weight is 304 g/mol. The summed E-state index contributed by atoms with van der Waals surface area (Å²) in [6, 6.07) is 7.25. The number of hydrogen-bond donors (Lipinski definition) is 1. The van der Waals surface area contributed by atoms with Crippen molar-refractivity contribution in [1.82, 2.24) is 5.32 Å². The Morgan fingerprint density at radius 2 is 2.09 bits per heavy atom. The molecule has 0 aliphatic rings. The molecular weight excluding hydrogens is 280 g/mol. The Bertz CT molecular complexity index is 523. The number of rotatable bonds is 9. The first kappa shape index (κ1) is 17.8. The monoisotopic (exact) mass is 304 g/mol. The topological polar surface area (TPSA) is 71.3 Å². The van der Waals surface area contributed by atoms with Crippen LogP contribution in [0.15, 0.2) is 18.2 Å². The lowest BCUT2D eigenvalue weighted by Gasteiger charge is -2.13. The molecular formula is C17H24N2O3. The number of hydrogen-bond acceptors (Lipinski definition) is 4. The fourth-order valence-corrected chi connectivity index (χ4v) is 1.91. The van der Waals surface area contributed by atoms with Crippen molar-refractivity contribution < 1.29 is 14.3 Å². The van der Waals surface area contributed by atoms with Crippen LogP contribution >= 0.6 is 0 Å². The van der Waals surface area contributed by atoms with Crippen LogP contribution < -0.4 is 14.8 Å². The van der Waals surface area contributed by atoms with Gasteiger partial charge in [0.15, 0.2) is 11.5 Å². The molecule has 0 radical (unpaired) electrons. The van der Waals surface area contributed by atoms with Gasteiger partial charge in [-0.3, -0.25) is 4.79 Å². The van der Waals surface area contributed by atoms with Crippen LogP contribution in [0.25, 0.3) is 0 Å². The second kappa shape index (κ2) is 9.67. The highest BCUT2D eigenvalue weighted by atomic mass is 16.5. The van der Waals surface area contributed by atoms with Crippen molar-refractivity contribution in [3.05, 3.63) is 23.8 Å². The van der Waals surface area contributed by atoms with Crippen molar-refractivity contribution in [3.63, 3.8) is 0 Å². The Kier molecular flexibility index (Phi) is 7.84. The number of ether oxygens (including phenoxy) is 2. The summed E-state index contributed by atoms with van der Waals surface area (Å²) in [6.45, 7) is 6.84. The minimum absolute atomic E-state index is 0.127. The summed E-state index contributed by atoms with van der Waals surface area (Å²) in [5.74, 6) is 1.31. The number of aryl methyl sites for hydroxylation is 1. The van der Waals surface area contributed by atoms with Gasteiger partial charge in [-0.05, 0) is 44.4 Å². The number of carbonyl (C=O) groups is 1. The molecule has 0 saturated carbocycles. The van der Waals surface area contributed by atoms with E-state index in [0.29, 0.717) is 31.8 Å². The molecule has 1 aromatic rings. The minimum Gasteiger partial charge on any atom is -0.490 e. The molecule has 0 fully saturated rings. The van der Waals surface area contributed by atoms with E-state index in [1.807, 2.05) is 31.2 Å². The first-order valence-corrected chi connectivity index (χ1v) is 7.68. The number of carbonyl (C=O) groups excluding carboxylic acids is 1. The Morgan fingerprint density at radius 1 is 1.32 bits per heavy atom. The smallest absolute Gasteiger partial charge is 0.221 e.